The van der Waals surface area contributed by atoms with Gasteiger partial charge in [-0.2, -0.15) is 0 Å². The van der Waals surface area contributed by atoms with Gasteiger partial charge in [-0.3, -0.25) is 9.69 Å². The van der Waals surface area contributed by atoms with Crippen LogP contribution in [0.25, 0.3) is 0 Å². The third-order valence-corrected chi connectivity index (χ3v) is 6.18. The van der Waals surface area contributed by atoms with E-state index in [1.54, 1.807) is 9.80 Å². The van der Waals surface area contributed by atoms with Gasteiger partial charge in [0.25, 0.3) is 0 Å². The second-order valence-electron chi connectivity index (χ2n) is 10.3. The van der Waals surface area contributed by atoms with Gasteiger partial charge in [0.1, 0.15) is 18.2 Å². The Morgan fingerprint density at radius 1 is 0.974 bits per heavy atom. The number of ether oxygens (including phenoxy) is 3. The van der Waals surface area contributed by atoms with Crippen LogP contribution in [0.2, 0.25) is 0 Å². The Labute approximate surface area is 229 Å². The van der Waals surface area contributed by atoms with Crippen molar-refractivity contribution in [2.75, 3.05) is 26.7 Å². The molecule has 1 heterocycles. The maximum Gasteiger partial charge on any atom is 0.410 e. The molecule has 0 aromatic heterocycles. The van der Waals surface area contributed by atoms with Gasteiger partial charge in [0, 0.05) is 26.1 Å². The second-order valence-corrected chi connectivity index (χ2v) is 10.3. The summed E-state index contributed by atoms with van der Waals surface area (Å²) in [5.74, 6) is -0.871. The Balaban J connectivity index is 1.61. The Hall–Kier alpha value is -4.08. The number of carbonyl (C=O) groups excluding carboxylic acids is 4. The Bertz CT molecular complexity index is 1120. The molecule has 1 aliphatic heterocycles. The number of piperazine rings is 1. The average Bonchev–Trinajstić information content (AvgIpc) is 2.93. The van der Waals surface area contributed by atoms with Gasteiger partial charge in [-0.05, 0) is 38.3 Å². The molecule has 1 fully saturated rings. The van der Waals surface area contributed by atoms with Crippen molar-refractivity contribution in [2.45, 2.75) is 57.9 Å². The first-order chi connectivity index (χ1) is 18.6. The first kappa shape index (κ1) is 29.5. The van der Waals surface area contributed by atoms with E-state index in [2.05, 4.69) is 5.32 Å². The highest BCUT2D eigenvalue weighted by molar-refractivity contribution is 5.83. The summed E-state index contributed by atoms with van der Waals surface area (Å²) in [7, 11) is 1.22. The van der Waals surface area contributed by atoms with E-state index in [-0.39, 0.29) is 37.9 Å². The second kappa shape index (κ2) is 13.6. The number of nitrogens with zero attached hydrogens (tertiary/aromatic N) is 2. The predicted octanol–water partition coefficient (Wildman–Crippen LogP) is 4.06. The van der Waals surface area contributed by atoms with Crippen LogP contribution in [0.3, 0.4) is 0 Å². The van der Waals surface area contributed by atoms with Crippen LogP contribution in [0.1, 0.15) is 50.8 Å². The number of carbonyl (C=O) groups is 4. The summed E-state index contributed by atoms with van der Waals surface area (Å²) in [6.45, 7) is 6.36. The third kappa shape index (κ3) is 9.01. The highest BCUT2D eigenvalue weighted by Crippen LogP contribution is 2.28. The minimum absolute atomic E-state index is 0.00726. The highest BCUT2D eigenvalue weighted by Gasteiger charge is 2.36. The molecule has 2 aromatic rings. The summed E-state index contributed by atoms with van der Waals surface area (Å²) >= 11 is 0. The number of methoxy groups -OCH3 is 1. The maximum atomic E-state index is 13.2. The average molecular weight is 540 g/mol. The van der Waals surface area contributed by atoms with Crippen molar-refractivity contribution < 1.29 is 33.4 Å². The van der Waals surface area contributed by atoms with Crippen LogP contribution >= 0.6 is 0 Å². The van der Waals surface area contributed by atoms with Crippen LogP contribution in [-0.4, -0.2) is 72.2 Å². The summed E-state index contributed by atoms with van der Waals surface area (Å²) < 4.78 is 15.6. The van der Waals surface area contributed by atoms with Gasteiger partial charge in [-0.15, -0.1) is 0 Å². The van der Waals surface area contributed by atoms with Gasteiger partial charge in [0.2, 0.25) is 5.91 Å². The normalized spacial score (nSPS) is 16.2. The number of amides is 3. The monoisotopic (exact) mass is 539 g/mol. The molecule has 1 aliphatic rings. The molecular formula is C29H37N3O7. The molecule has 10 nitrogen and oxygen atoms in total. The standard InChI is InChI=1S/C29H37N3O7/c1-29(2,3)39-28(36)32-18-17-31(19-24(32)22-13-9-6-10-14-22)25(33)16-15-23(26(34)37-4)30-27(35)38-20-21-11-7-5-8-12-21/h5-14,23-24H,15-20H2,1-4H3,(H,30,35). The van der Waals surface area contributed by atoms with E-state index in [0.717, 1.165) is 11.1 Å². The van der Waals surface area contributed by atoms with Gasteiger partial charge in [-0.1, -0.05) is 60.7 Å². The van der Waals surface area contributed by atoms with E-state index in [1.807, 2.05) is 81.4 Å². The molecule has 0 saturated carbocycles. The molecule has 0 spiro atoms. The molecule has 1 saturated heterocycles. The van der Waals surface area contributed by atoms with Gasteiger partial charge in [0.05, 0.1) is 13.2 Å². The Morgan fingerprint density at radius 3 is 2.23 bits per heavy atom. The molecule has 39 heavy (non-hydrogen) atoms. The van der Waals surface area contributed by atoms with E-state index in [4.69, 9.17) is 14.2 Å². The van der Waals surface area contributed by atoms with E-state index < -0.39 is 29.8 Å². The summed E-state index contributed by atoms with van der Waals surface area (Å²) in [6, 6.07) is 17.2. The number of rotatable bonds is 8. The fourth-order valence-electron chi connectivity index (χ4n) is 4.23. The molecule has 210 valence electrons. The van der Waals surface area contributed by atoms with E-state index >= 15 is 0 Å². The zero-order valence-corrected chi connectivity index (χ0v) is 22.9. The minimum atomic E-state index is -1.05. The summed E-state index contributed by atoms with van der Waals surface area (Å²) in [5.41, 5.74) is 1.04. The summed E-state index contributed by atoms with van der Waals surface area (Å²) in [6.07, 6.45) is -1.19. The smallest absolute Gasteiger partial charge is 0.410 e. The van der Waals surface area contributed by atoms with Crippen molar-refractivity contribution in [2.24, 2.45) is 0 Å². The number of hydrogen-bond donors (Lipinski definition) is 1. The molecule has 2 aromatic carbocycles. The zero-order valence-electron chi connectivity index (χ0n) is 22.9. The predicted molar refractivity (Wildman–Crippen MR) is 144 cm³/mol. The molecule has 2 unspecified atom stereocenters. The van der Waals surface area contributed by atoms with E-state index in [9.17, 15) is 19.2 Å². The highest BCUT2D eigenvalue weighted by atomic mass is 16.6. The summed E-state index contributed by atoms with van der Waals surface area (Å²) in [4.78, 5) is 54.1. The van der Waals surface area contributed by atoms with Crippen LogP contribution in [0.5, 0.6) is 0 Å². The van der Waals surface area contributed by atoms with Crippen molar-refractivity contribution in [1.82, 2.24) is 15.1 Å². The van der Waals surface area contributed by atoms with Crippen LogP contribution < -0.4 is 5.32 Å². The molecule has 0 radical (unpaired) electrons. The fraction of sp³-hybridized carbons (Fsp3) is 0.448. The fourth-order valence-corrected chi connectivity index (χ4v) is 4.23. The lowest BCUT2D eigenvalue weighted by Gasteiger charge is -2.42. The lowest BCUT2D eigenvalue weighted by molar-refractivity contribution is -0.143. The summed E-state index contributed by atoms with van der Waals surface area (Å²) in [5, 5.41) is 2.50. The van der Waals surface area contributed by atoms with E-state index in [1.165, 1.54) is 7.11 Å². The number of esters is 1. The molecule has 3 rings (SSSR count). The third-order valence-electron chi connectivity index (χ3n) is 6.18. The van der Waals surface area contributed by atoms with Crippen molar-refractivity contribution >= 4 is 24.1 Å². The van der Waals surface area contributed by atoms with Gasteiger partial charge >= 0.3 is 18.2 Å². The number of alkyl carbamates (subject to hydrolysis) is 1. The lowest BCUT2D eigenvalue weighted by atomic mass is 10.0. The minimum Gasteiger partial charge on any atom is -0.467 e. The molecule has 0 bridgehead atoms. The first-order valence-corrected chi connectivity index (χ1v) is 12.9. The topological polar surface area (TPSA) is 114 Å². The van der Waals surface area contributed by atoms with Crippen molar-refractivity contribution in [3.63, 3.8) is 0 Å². The zero-order chi connectivity index (χ0) is 28.4. The van der Waals surface area contributed by atoms with E-state index in [0.29, 0.717) is 13.1 Å². The largest absolute Gasteiger partial charge is 0.467 e. The molecule has 0 aliphatic carbocycles. The van der Waals surface area contributed by atoms with Gasteiger partial charge < -0.3 is 24.4 Å². The van der Waals surface area contributed by atoms with Crippen molar-refractivity contribution in [3.05, 3.63) is 71.8 Å². The lowest BCUT2D eigenvalue weighted by Crippen LogP contribution is -2.53. The number of benzene rings is 2. The molecule has 1 N–H and O–H groups in total. The molecule has 10 heteroatoms. The van der Waals surface area contributed by atoms with Crippen molar-refractivity contribution in [3.8, 4) is 0 Å². The Kier molecular flexibility index (Phi) is 10.3. The van der Waals surface area contributed by atoms with Gasteiger partial charge in [0.15, 0.2) is 0 Å². The van der Waals surface area contributed by atoms with Crippen LogP contribution in [0.4, 0.5) is 9.59 Å². The molecule has 2 atom stereocenters. The van der Waals surface area contributed by atoms with Crippen LogP contribution in [-0.2, 0) is 30.4 Å². The number of nitrogens with one attached hydrogen (secondary N) is 1. The molecule has 3 amide bonds. The maximum absolute atomic E-state index is 13.2. The SMILES string of the molecule is COC(=O)C(CCC(=O)N1CCN(C(=O)OC(C)(C)C)C(c2ccccc2)C1)NC(=O)OCc1ccccc1. The van der Waals surface area contributed by atoms with Gasteiger partial charge in [-0.25, -0.2) is 14.4 Å². The Morgan fingerprint density at radius 2 is 1.62 bits per heavy atom. The quantitative estimate of drug-likeness (QED) is 0.398. The molecular weight excluding hydrogens is 502 g/mol. The van der Waals surface area contributed by atoms with Crippen LogP contribution in [0, 0.1) is 0 Å². The van der Waals surface area contributed by atoms with Crippen molar-refractivity contribution in [1.29, 1.82) is 0 Å². The van der Waals surface area contributed by atoms with Crippen LogP contribution in [0.15, 0.2) is 60.7 Å². The first-order valence-electron chi connectivity index (χ1n) is 12.9. The number of hydrogen-bond acceptors (Lipinski definition) is 7.